The molecule has 2 aliphatic carbocycles. The summed E-state index contributed by atoms with van der Waals surface area (Å²) in [6.07, 6.45) is 3.25. The van der Waals surface area contributed by atoms with Crippen LogP contribution in [0.1, 0.15) is 45.6 Å². The average molecular weight is 260 g/mol. The molecule has 19 heavy (non-hydrogen) atoms. The van der Waals surface area contributed by atoms with Crippen LogP contribution in [0.15, 0.2) is 30.3 Å². The minimum absolute atomic E-state index is 0.0255. The van der Waals surface area contributed by atoms with Crippen LogP contribution in [0, 0.1) is 16.7 Å². The highest BCUT2D eigenvalue weighted by molar-refractivity contribution is 5.89. The minimum Gasteiger partial charge on any atom is -0.392 e. The standard InChI is InChI=1S/C10H16O.C7H8O/c1-9(2)7-4-5-10(9,3)8(11)6-7;8-6-7-4-2-1-3-5-7/h7H,4-6H2,1-3H3;1-5,8H,6H2. The molecule has 104 valence electrons. The molecule has 1 aromatic rings. The molecule has 2 saturated carbocycles. The highest BCUT2D eigenvalue weighted by atomic mass is 16.3. The number of hydrogen-bond donors (Lipinski definition) is 1. The first-order valence-electron chi connectivity index (χ1n) is 7.10. The maximum atomic E-state index is 11.6. The van der Waals surface area contributed by atoms with Crippen molar-refractivity contribution >= 4 is 5.78 Å². The van der Waals surface area contributed by atoms with Crippen LogP contribution < -0.4 is 0 Å². The zero-order valence-corrected chi connectivity index (χ0v) is 12.1. The summed E-state index contributed by atoms with van der Waals surface area (Å²) in [6.45, 7) is 6.81. The molecule has 0 saturated heterocycles. The molecule has 2 fully saturated rings. The highest BCUT2D eigenvalue weighted by Crippen LogP contribution is 2.63. The fourth-order valence-electron chi connectivity index (χ4n) is 3.48. The Balaban J connectivity index is 0.000000148. The largest absolute Gasteiger partial charge is 0.392 e. The maximum absolute atomic E-state index is 11.6. The summed E-state index contributed by atoms with van der Waals surface area (Å²) >= 11 is 0. The van der Waals surface area contributed by atoms with Crippen molar-refractivity contribution in [2.45, 2.75) is 46.6 Å². The summed E-state index contributed by atoms with van der Waals surface area (Å²) < 4.78 is 0. The summed E-state index contributed by atoms with van der Waals surface area (Å²) in [5.41, 5.74) is 1.27. The molecule has 1 aromatic carbocycles. The Morgan fingerprint density at radius 1 is 1.21 bits per heavy atom. The number of carbonyl (C=O) groups excluding carboxylic acids is 1. The molecule has 2 unspecified atom stereocenters. The third-order valence-electron chi connectivity index (χ3n) is 5.51. The zero-order valence-electron chi connectivity index (χ0n) is 12.1. The van der Waals surface area contributed by atoms with Gasteiger partial charge in [-0.2, -0.15) is 0 Å². The fourth-order valence-corrected chi connectivity index (χ4v) is 3.48. The molecule has 2 bridgehead atoms. The number of carbonyl (C=O) groups is 1. The fraction of sp³-hybridized carbons (Fsp3) is 0.588. The van der Waals surface area contributed by atoms with Gasteiger partial charge in [0, 0.05) is 11.8 Å². The molecular formula is C17H24O2. The van der Waals surface area contributed by atoms with E-state index in [1.54, 1.807) is 0 Å². The highest BCUT2D eigenvalue weighted by Gasteiger charge is 2.61. The van der Waals surface area contributed by atoms with Gasteiger partial charge in [0.25, 0.3) is 0 Å². The van der Waals surface area contributed by atoms with Crippen LogP contribution in [0.4, 0.5) is 0 Å². The Morgan fingerprint density at radius 2 is 1.84 bits per heavy atom. The van der Waals surface area contributed by atoms with Crippen molar-refractivity contribution in [2.75, 3.05) is 0 Å². The molecule has 0 aromatic heterocycles. The first kappa shape index (κ1) is 14.3. The summed E-state index contributed by atoms with van der Waals surface area (Å²) in [6, 6.07) is 9.52. The van der Waals surface area contributed by atoms with Crippen LogP contribution in [0.25, 0.3) is 0 Å². The number of rotatable bonds is 1. The summed E-state index contributed by atoms with van der Waals surface area (Å²) in [4.78, 5) is 11.6. The van der Waals surface area contributed by atoms with Crippen molar-refractivity contribution in [3.05, 3.63) is 35.9 Å². The van der Waals surface area contributed by atoms with E-state index in [4.69, 9.17) is 5.11 Å². The number of Topliss-reactive ketones (excluding diaryl/α,β-unsaturated/α-hetero) is 1. The van der Waals surface area contributed by atoms with E-state index in [1.807, 2.05) is 30.3 Å². The number of aliphatic hydroxyl groups excluding tert-OH is 1. The molecule has 3 rings (SSSR count). The van der Waals surface area contributed by atoms with Gasteiger partial charge in [0.1, 0.15) is 5.78 Å². The summed E-state index contributed by atoms with van der Waals surface area (Å²) in [5, 5.41) is 8.54. The number of fused-ring (bicyclic) bond motifs is 2. The molecule has 2 aliphatic rings. The van der Waals surface area contributed by atoms with Crippen LogP contribution in [0.3, 0.4) is 0 Å². The van der Waals surface area contributed by atoms with Gasteiger partial charge in [0.05, 0.1) is 6.61 Å². The molecule has 0 heterocycles. The van der Waals surface area contributed by atoms with Crippen molar-refractivity contribution in [3.8, 4) is 0 Å². The van der Waals surface area contributed by atoms with Crippen LogP contribution in [0.5, 0.6) is 0 Å². The molecule has 2 nitrogen and oxygen atoms in total. The van der Waals surface area contributed by atoms with Crippen molar-refractivity contribution in [1.82, 2.24) is 0 Å². The predicted molar refractivity (Wildman–Crippen MR) is 76.6 cm³/mol. The lowest BCUT2D eigenvalue weighted by Crippen LogP contribution is -2.32. The third-order valence-corrected chi connectivity index (χ3v) is 5.51. The molecule has 2 atom stereocenters. The summed E-state index contributed by atoms with van der Waals surface area (Å²) in [5.74, 6) is 1.19. The second kappa shape index (κ2) is 5.09. The topological polar surface area (TPSA) is 37.3 Å². The molecule has 2 heteroatoms. The van der Waals surface area contributed by atoms with E-state index in [0.29, 0.717) is 11.7 Å². The first-order chi connectivity index (χ1) is 8.91. The van der Waals surface area contributed by atoms with E-state index in [9.17, 15) is 4.79 Å². The average Bonchev–Trinajstić information content (AvgIpc) is 2.73. The second-order valence-corrected chi connectivity index (χ2v) is 6.56. The lowest BCUT2D eigenvalue weighted by molar-refractivity contribution is -0.128. The van der Waals surface area contributed by atoms with Crippen LogP contribution in [0.2, 0.25) is 0 Å². The molecule has 0 amide bonds. The van der Waals surface area contributed by atoms with E-state index >= 15 is 0 Å². The number of ketones is 1. The van der Waals surface area contributed by atoms with Gasteiger partial charge in [-0.3, -0.25) is 4.79 Å². The smallest absolute Gasteiger partial charge is 0.139 e. The van der Waals surface area contributed by atoms with Gasteiger partial charge in [-0.25, -0.2) is 0 Å². The van der Waals surface area contributed by atoms with Gasteiger partial charge in [-0.15, -0.1) is 0 Å². The van der Waals surface area contributed by atoms with E-state index in [2.05, 4.69) is 20.8 Å². The molecule has 0 aliphatic heterocycles. The molecule has 1 N–H and O–H groups in total. The number of aliphatic hydroxyl groups is 1. The van der Waals surface area contributed by atoms with E-state index in [-0.39, 0.29) is 17.4 Å². The van der Waals surface area contributed by atoms with Gasteiger partial charge in [-0.1, -0.05) is 51.1 Å². The minimum atomic E-state index is 0.0255. The van der Waals surface area contributed by atoms with Crippen LogP contribution in [-0.2, 0) is 11.4 Å². The molecule has 0 spiro atoms. The van der Waals surface area contributed by atoms with Gasteiger partial charge in [0.15, 0.2) is 0 Å². The number of hydrogen-bond acceptors (Lipinski definition) is 2. The maximum Gasteiger partial charge on any atom is 0.139 e. The Labute approximate surface area is 115 Å². The van der Waals surface area contributed by atoms with Crippen molar-refractivity contribution in [2.24, 2.45) is 16.7 Å². The van der Waals surface area contributed by atoms with Gasteiger partial charge in [-0.05, 0) is 29.7 Å². The monoisotopic (exact) mass is 260 g/mol. The first-order valence-corrected chi connectivity index (χ1v) is 7.10. The van der Waals surface area contributed by atoms with Crippen LogP contribution in [-0.4, -0.2) is 10.9 Å². The lowest BCUT2D eigenvalue weighted by atomic mass is 9.70. The Bertz CT molecular complexity index is 450. The second-order valence-electron chi connectivity index (χ2n) is 6.56. The lowest BCUT2D eigenvalue weighted by Gasteiger charge is -2.32. The van der Waals surface area contributed by atoms with Gasteiger partial charge >= 0.3 is 0 Å². The quantitative estimate of drug-likeness (QED) is 0.838. The molecule has 0 radical (unpaired) electrons. The zero-order chi connectivity index (χ0) is 14.1. The number of benzene rings is 1. The Hall–Kier alpha value is -1.15. The van der Waals surface area contributed by atoms with Gasteiger partial charge < -0.3 is 5.11 Å². The van der Waals surface area contributed by atoms with E-state index < -0.39 is 0 Å². The SMILES string of the molecule is CC12CCC(CC1=O)C2(C)C.OCc1ccccc1. The van der Waals surface area contributed by atoms with Crippen LogP contribution >= 0.6 is 0 Å². The third kappa shape index (κ3) is 2.34. The Morgan fingerprint density at radius 3 is 2.11 bits per heavy atom. The normalized spacial score (nSPS) is 30.9. The predicted octanol–water partition coefficient (Wildman–Crippen LogP) is 3.58. The van der Waals surface area contributed by atoms with Crippen molar-refractivity contribution in [3.63, 3.8) is 0 Å². The van der Waals surface area contributed by atoms with Gasteiger partial charge in [0.2, 0.25) is 0 Å². The van der Waals surface area contributed by atoms with E-state index in [1.165, 1.54) is 6.42 Å². The van der Waals surface area contributed by atoms with Crippen molar-refractivity contribution in [1.29, 1.82) is 0 Å². The molecular weight excluding hydrogens is 236 g/mol. The van der Waals surface area contributed by atoms with Crippen molar-refractivity contribution < 1.29 is 9.90 Å². The van der Waals surface area contributed by atoms with E-state index in [0.717, 1.165) is 18.4 Å². The summed E-state index contributed by atoms with van der Waals surface area (Å²) in [7, 11) is 0. The Kier molecular flexibility index (Phi) is 3.82.